The second-order valence-electron chi connectivity index (χ2n) is 7.78. The van der Waals surface area contributed by atoms with Crippen LogP contribution in [0.4, 0.5) is 0 Å². The lowest BCUT2D eigenvalue weighted by Crippen LogP contribution is -2.49. The molecule has 1 atom stereocenters. The average Bonchev–Trinajstić information content (AvgIpc) is 2.70. The van der Waals surface area contributed by atoms with Crippen LogP contribution < -0.4 is 0 Å². The third-order valence-electron chi connectivity index (χ3n) is 5.56. The van der Waals surface area contributed by atoms with Crippen molar-refractivity contribution in [1.82, 2.24) is 9.80 Å². The van der Waals surface area contributed by atoms with E-state index in [1.807, 2.05) is 11.0 Å². The highest BCUT2D eigenvalue weighted by Gasteiger charge is 2.39. The van der Waals surface area contributed by atoms with E-state index in [1.54, 1.807) is 0 Å². The van der Waals surface area contributed by atoms with Crippen LogP contribution in [0.3, 0.4) is 0 Å². The Morgan fingerprint density at radius 2 is 1.92 bits per heavy atom. The molecule has 0 radical (unpaired) electrons. The number of amides is 1. The van der Waals surface area contributed by atoms with Crippen LogP contribution >= 0.6 is 0 Å². The van der Waals surface area contributed by atoms with Gasteiger partial charge in [0.1, 0.15) is 0 Å². The van der Waals surface area contributed by atoms with Gasteiger partial charge in [-0.1, -0.05) is 24.3 Å². The molecular weight excluding hydrogens is 316 g/mol. The lowest BCUT2D eigenvalue weighted by atomic mass is 9.75. The Kier molecular flexibility index (Phi) is 5.42. The van der Waals surface area contributed by atoms with Crippen molar-refractivity contribution < 1.29 is 14.7 Å². The van der Waals surface area contributed by atoms with Gasteiger partial charge in [0, 0.05) is 37.9 Å². The first-order valence-electron chi connectivity index (χ1n) is 9.22. The molecule has 5 heteroatoms. The first-order chi connectivity index (χ1) is 12.0. The van der Waals surface area contributed by atoms with Crippen molar-refractivity contribution in [3.63, 3.8) is 0 Å². The number of aliphatic carboxylic acids is 1. The molecule has 2 aliphatic rings. The lowest BCUT2D eigenvalue weighted by Gasteiger charge is -2.43. The number of benzene rings is 1. The van der Waals surface area contributed by atoms with E-state index in [1.165, 1.54) is 17.5 Å². The fourth-order valence-corrected chi connectivity index (χ4v) is 4.46. The molecule has 1 aromatic carbocycles. The molecule has 0 bridgehead atoms. The standard InChI is InChI=1S/C20H28N2O3/c1-21-11-5-10-20(14-21)12-16-6-2-3-7-17(16)13-22(15-20)18(23)8-4-9-19(24)25/h2-3,6-7H,4-5,8-15H2,1H3,(H,24,25). The summed E-state index contributed by atoms with van der Waals surface area (Å²) in [6.07, 6.45) is 4.13. The van der Waals surface area contributed by atoms with Crippen LogP contribution in [0.1, 0.15) is 43.2 Å². The fraction of sp³-hybridized carbons (Fsp3) is 0.600. The summed E-state index contributed by atoms with van der Waals surface area (Å²) in [7, 11) is 2.16. The van der Waals surface area contributed by atoms with E-state index in [4.69, 9.17) is 5.11 Å². The molecular formula is C20H28N2O3. The summed E-state index contributed by atoms with van der Waals surface area (Å²) in [6.45, 7) is 3.56. The van der Waals surface area contributed by atoms with Crippen molar-refractivity contribution in [2.24, 2.45) is 5.41 Å². The largest absolute Gasteiger partial charge is 0.481 e. The summed E-state index contributed by atoms with van der Waals surface area (Å²) < 4.78 is 0. The zero-order chi connectivity index (χ0) is 17.9. The summed E-state index contributed by atoms with van der Waals surface area (Å²) in [5, 5.41) is 8.81. The van der Waals surface area contributed by atoms with E-state index in [-0.39, 0.29) is 17.7 Å². The zero-order valence-corrected chi connectivity index (χ0v) is 15.0. The number of carbonyl (C=O) groups excluding carboxylic acids is 1. The molecule has 1 saturated heterocycles. The molecule has 0 saturated carbocycles. The van der Waals surface area contributed by atoms with Gasteiger partial charge in [-0.15, -0.1) is 0 Å². The number of carboxylic acids is 1. The number of carbonyl (C=O) groups is 2. The summed E-state index contributed by atoms with van der Waals surface area (Å²) in [4.78, 5) is 27.9. The van der Waals surface area contributed by atoms with Gasteiger partial charge in [0.05, 0.1) is 0 Å². The molecule has 1 fully saturated rings. The normalized spacial score (nSPS) is 24.0. The van der Waals surface area contributed by atoms with Crippen LogP contribution in [-0.2, 0) is 22.6 Å². The molecule has 25 heavy (non-hydrogen) atoms. The maximum atomic E-state index is 12.8. The molecule has 3 rings (SSSR count). The van der Waals surface area contributed by atoms with Crippen molar-refractivity contribution >= 4 is 11.9 Å². The van der Waals surface area contributed by atoms with Gasteiger partial charge in [-0.05, 0) is 50.4 Å². The van der Waals surface area contributed by atoms with E-state index in [0.29, 0.717) is 19.4 Å². The molecule has 0 aliphatic carbocycles. The number of nitrogens with zero attached hydrogens (tertiary/aromatic N) is 2. The van der Waals surface area contributed by atoms with Gasteiger partial charge in [-0.25, -0.2) is 0 Å². The Morgan fingerprint density at radius 3 is 2.64 bits per heavy atom. The Balaban J connectivity index is 1.80. The molecule has 1 unspecified atom stereocenters. The van der Waals surface area contributed by atoms with Crippen LogP contribution in [0.25, 0.3) is 0 Å². The smallest absolute Gasteiger partial charge is 0.303 e. The van der Waals surface area contributed by atoms with Gasteiger partial charge in [0.2, 0.25) is 5.91 Å². The van der Waals surface area contributed by atoms with Gasteiger partial charge in [-0.3, -0.25) is 9.59 Å². The molecule has 5 nitrogen and oxygen atoms in total. The molecule has 1 aromatic rings. The minimum Gasteiger partial charge on any atom is -0.481 e. The van der Waals surface area contributed by atoms with Crippen LogP contribution in [0.2, 0.25) is 0 Å². The summed E-state index contributed by atoms with van der Waals surface area (Å²) in [5.41, 5.74) is 2.71. The first-order valence-corrected chi connectivity index (χ1v) is 9.22. The van der Waals surface area contributed by atoms with Gasteiger partial charge < -0.3 is 14.9 Å². The second-order valence-corrected chi connectivity index (χ2v) is 7.78. The Bertz CT molecular complexity index is 646. The van der Waals surface area contributed by atoms with Crippen LogP contribution in [-0.4, -0.2) is 53.5 Å². The van der Waals surface area contributed by atoms with Gasteiger partial charge in [0.25, 0.3) is 0 Å². The molecule has 0 aromatic heterocycles. The molecule has 2 heterocycles. The third kappa shape index (κ3) is 4.40. The summed E-state index contributed by atoms with van der Waals surface area (Å²) in [6, 6.07) is 8.45. The van der Waals surface area contributed by atoms with Gasteiger partial charge in [-0.2, -0.15) is 0 Å². The molecule has 2 aliphatic heterocycles. The Morgan fingerprint density at radius 1 is 1.16 bits per heavy atom. The number of piperidine rings is 1. The third-order valence-corrected chi connectivity index (χ3v) is 5.56. The van der Waals surface area contributed by atoms with E-state index in [0.717, 1.165) is 32.5 Å². The minimum atomic E-state index is -0.834. The second kappa shape index (κ2) is 7.56. The average molecular weight is 344 g/mol. The van der Waals surface area contributed by atoms with Crippen molar-refractivity contribution in [3.8, 4) is 0 Å². The summed E-state index contributed by atoms with van der Waals surface area (Å²) in [5.74, 6) is -0.745. The van der Waals surface area contributed by atoms with Crippen LogP contribution in [0.15, 0.2) is 24.3 Å². The highest BCUT2D eigenvalue weighted by Crippen LogP contribution is 2.38. The van der Waals surface area contributed by atoms with Crippen molar-refractivity contribution in [1.29, 1.82) is 0 Å². The van der Waals surface area contributed by atoms with Gasteiger partial charge >= 0.3 is 5.97 Å². The Labute approximate surface area is 149 Å². The van der Waals surface area contributed by atoms with E-state index in [9.17, 15) is 9.59 Å². The lowest BCUT2D eigenvalue weighted by molar-refractivity contribution is -0.137. The predicted molar refractivity (Wildman–Crippen MR) is 96.2 cm³/mol. The summed E-state index contributed by atoms with van der Waals surface area (Å²) >= 11 is 0. The topological polar surface area (TPSA) is 60.9 Å². The fourth-order valence-electron chi connectivity index (χ4n) is 4.46. The molecule has 1 spiro atoms. The van der Waals surface area contributed by atoms with Crippen molar-refractivity contribution in [3.05, 3.63) is 35.4 Å². The monoisotopic (exact) mass is 344 g/mol. The first kappa shape index (κ1) is 17.9. The minimum absolute atomic E-state index is 0.0596. The molecule has 136 valence electrons. The molecule has 1 N–H and O–H groups in total. The zero-order valence-electron chi connectivity index (χ0n) is 15.0. The Hall–Kier alpha value is -1.88. The number of rotatable bonds is 4. The number of likely N-dealkylation sites (tertiary alicyclic amines) is 1. The van der Waals surface area contributed by atoms with Crippen molar-refractivity contribution in [2.45, 2.75) is 45.1 Å². The highest BCUT2D eigenvalue weighted by molar-refractivity contribution is 5.77. The van der Waals surface area contributed by atoms with Crippen LogP contribution in [0, 0.1) is 5.41 Å². The van der Waals surface area contributed by atoms with Crippen molar-refractivity contribution in [2.75, 3.05) is 26.7 Å². The maximum Gasteiger partial charge on any atom is 0.303 e. The van der Waals surface area contributed by atoms with E-state index < -0.39 is 5.97 Å². The number of carboxylic acid groups (broad SMARTS) is 1. The highest BCUT2D eigenvalue weighted by atomic mass is 16.4. The maximum absolute atomic E-state index is 12.8. The number of hydrogen-bond donors (Lipinski definition) is 1. The van der Waals surface area contributed by atoms with Gasteiger partial charge in [0.15, 0.2) is 0 Å². The quantitative estimate of drug-likeness (QED) is 0.912. The number of hydrogen-bond acceptors (Lipinski definition) is 3. The van der Waals surface area contributed by atoms with E-state index >= 15 is 0 Å². The number of fused-ring (bicyclic) bond motifs is 1. The predicted octanol–water partition coefficient (Wildman–Crippen LogP) is 2.54. The molecule has 1 amide bonds. The SMILES string of the molecule is CN1CCCC2(Cc3ccccc3CN(C(=O)CCCC(=O)O)C2)C1. The van der Waals surface area contributed by atoms with Crippen LogP contribution in [0.5, 0.6) is 0 Å². The van der Waals surface area contributed by atoms with E-state index in [2.05, 4.69) is 30.1 Å².